The number of nitriles is 1. The molecule has 184 valence electrons. The van der Waals surface area contributed by atoms with Crippen molar-refractivity contribution < 1.29 is 27.1 Å². The van der Waals surface area contributed by atoms with Crippen LogP contribution in [-0.4, -0.2) is 25.9 Å². The summed E-state index contributed by atoms with van der Waals surface area (Å²) in [4.78, 5) is 22.4. The Labute approximate surface area is 220 Å². The number of non-ortho nitro benzene ring substituents is 1. The topological polar surface area (TPSA) is 149 Å². The molecule has 10 nitrogen and oxygen atoms in total. The minimum Gasteiger partial charge on any atom is -0.490 e. The van der Waals surface area contributed by atoms with Gasteiger partial charge in [0.1, 0.15) is 16.5 Å². The molecule has 0 aromatic heterocycles. The number of anilines is 1. The predicted octanol–water partition coefficient (Wildman–Crippen LogP) is 4.91. The van der Waals surface area contributed by atoms with Crippen molar-refractivity contribution in [2.24, 2.45) is 0 Å². The molecular weight excluding hydrogens is 601 g/mol. The molecule has 0 saturated carbocycles. The predicted molar refractivity (Wildman–Crippen MR) is 140 cm³/mol. The van der Waals surface area contributed by atoms with Crippen LogP contribution in [-0.2, 0) is 14.9 Å². The van der Waals surface area contributed by atoms with Crippen LogP contribution in [0.5, 0.6) is 11.5 Å². The summed E-state index contributed by atoms with van der Waals surface area (Å²) in [6.45, 7) is 1.84. The van der Waals surface area contributed by atoms with E-state index in [1.54, 1.807) is 25.1 Å². The summed E-state index contributed by atoms with van der Waals surface area (Å²) in [5.41, 5.74) is 0.318. The summed E-state index contributed by atoms with van der Waals surface area (Å²) >= 11 is 2.10. The second-order valence-corrected chi connectivity index (χ2v) is 9.86. The number of hydrogen-bond acceptors (Lipinski definition) is 8. The molecule has 12 heteroatoms. The van der Waals surface area contributed by atoms with E-state index in [2.05, 4.69) is 27.9 Å². The number of amides is 1. The van der Waals surface area contributed by atoms with Crippen molar-refractivity contribution in [2.75, 3.05) is 11.9 Å². The minimum absolute atomic E-state index is 0.0376. The maximum Gasteiger partial charge on any atom is 0.339 e. The van der Waals surface area contributed by atoms with E-state index in [1.807, 2.05) is 12.1 Å². The third-order valence-corrected chi connectivity index (χ3v) is 6.44. The van der Waals surface area contributed by atoms with Gasteiger partial charge in [-0.15, -0.1) is 0 Å². The van der Waals surface area contributed by atoms with E-state index in [0.717, 1.165) is 15.7 Å². The van der Waals surface area contributed by atoms with E-state index < -0.39 is 31.5 Å². The molecule has 0 aliphatic heterocycles. The molecule has 0 aliphatic carbocycles. The Morgan fingerprint density at radius 3 is 2.56 bits per heavy atom. The van der Waals surface area contributed by atoms with Gasteiger partial charge in [-0.3, -0.25) is 14.9 Å². The molecule has 0 spiro atoms. The van der Waals surface area contributed by atoms with E-state index in [9.17, 15) is 28.6 Å². The van der Waals surface area contributed by atoms with Gasteiger partial charge in [-0.1, -0.05) is 18.2 Å². The summed E-state index contributed by atoms with van der Waals surface area (Å²) in [5, 5.41) is 23.1. The van der Waals surface area contributed by atoms with Gasteiger partial charge in [0, 0.05) is 21.4 Å². The number of rotatable bonds is 9. The van der Waals surface area contributed by atoms with Crippen LogP contribution in [0.15, 0.2) is 77.2 Å². The number of carbonyl (C=O) groups is 1. The van der Waals surface area contributed by atoms with Crippen LogP contribution < -0.4 is 14.2 Å². The van der Waals surface area contributed by atoms with Gasteiger partial charge in [-0.05, 0) is 77.6 Å². The van der Waals surface area contributed by atoms with Crippen molar-refractivity contribution in [3.05, 3.63) is 91.6 Å². The van der Waals surface area contributed by atoms with Gasteiger partial charge in [-0.25, -0.2) is 0 Å². The summed E-state index contributed by atoms with van der Waals surface area (Å²) in [5.74, 6) is -0.746. The third-order valence-electron chi connectivity index (χ3n) is 4.54. The molecule has 1 amide bonds. The average Bonchev–Trinajstić information content (AvgIpc) is 2.84. The number of hydrogen-bond donors (Lipinski definition) is 1. The molecular formula is C24H18IN3O7S. The summed E-state index contributed by atoms with van der Waals surface area (Å²) in [6, 6.07) is 17.5. The van der Waals surface area contributed by atoms with Crippen LogP contribution in [0.1, 0.15) is 12.5 Å². The fraction of sp³-hybridized carbons (Fsp3) is 0.0833. The monoisotopic (exact) mass is 619 g/mol. The first-order chi connectivity index (χ1) is 17.1. The normalized spacial score (nSPS) is 11.3. The second-order valence-electron chi connectivity index (χ2n) is 7.07. The average molecular weight is 619 g/mol. The quantitative estimate of drug-likeness (QED) is 0.0887. The number of nitro benzene ring substituents is 1. The molecule has 0 fully saturated rings. The van der Waals surface area contributed by atoms with Crippen molar-refractivity contribution in [3.63, 3.8) is 0 Å². The van der Waals surface area contributed by atoms with Gasteiger partial charge < -0.3 is 14.2 Å². The van der Waals surface area contributed by atoms with Gasteiger partial charge in [0.2, 0.25) is 0 Å². The molecule has 0 radical (unpaired) electrons. The number of nitrogens with zero attached hydrogens (tertiary/aromatic N) is 2. The molecule has 3 rings (SSSR count). The largest absolute Gasteiger partial charge is 0.490 e. The number of nitrogens with one attached hydrogen (secondary N) is 1. The Kier molecular flexibility index (Phi) is 8.62. The number of nitro groups is 1. The smallest absolute Gasteiger partial charge is 0.339 e. The number of benzene rings is 3. The van der Waals surface area contributed by atoms with Crippen LogP contribution in [0.3, 0.4) is 0 Å². The minimum atomic E-state index is -4.42. The highest BCUT2D eigenvalue weighted by molar-refractivity contribution is 14.1. The Bertz CT molecular complexity index is 1500. The number of carbonyl (C=O) groups excluding carboxylic acids is 1. The molecule has 36 heavy (non-hydrogen) atoms. The second kappa shape index (κ2) is 11.6. The maximum atomic E-state index is 12.7. The Morgan fingerprint density at radius 1 is 1.14 bits per heavy atom. The Morgan fingerprint density at radius 2 is 1.89 bits per heavy atom. The van der Waals surface area contributed by atoms with Gasteiger partial charge in [-0.2, -0.15) is 13.7 Å². The van der Waals surface area contributed by atoms with Gasteiger partial charge in [0.25, 0.3) is 11.6 Å². The highest BCUT2D eigenvalue weighted by atomic mass is 127. The van der Waals surface area contributed by atoms with E-state index in [1.165, 1.54) is 36.4 Å². The lowest BCUT2D eigenvalue weighted by atomic mass is 10.1. The SMILES string of the molecule is CCOc1cc(/C=C(\C#N)C(=O)Nc2cccc(I)c2)ccc1OS(=O)(=O)c1cccc([N+](=O)[O-])c1. The van der Waals surface area contributed by atoms with Crippen LogP contribution in [0.4, 0.5) is 11.4 Å². The molecule has 0 bridgehead atoms. The van der Waals surface area contributed by atoms with Crippen LogP contribution in [0, 0.1) is 25.0 Å². The molecule has 3 aromatic carbocycles. The third kappa shape index (κ3) is 6.80. The highest BCUT2D eigenvalue weighted by Crippen LogP contribution is 2.32. The van der Waals surface area contributed by atoms with Crippen molar-refractivity contribution in [3.8, 4) is 17.6 Å². The molecule has 0 atom stereocenters. The molecule has 3 aromatic rings. The van der Waals surface area contributed by atoms with Crippen molar-refractivity contribution in [1.29, 1.82) is 5.26 Å². The lowest BCUT2D eigenvalue weighted by molar-refractivity contribution is -0.385. The van der Waals surface area contributed by atoms with E-state index >= 15 is 0 Å². The Hall–Kier alpha value is -3.96. The van der Waals surface area contributed by atoms with Gasteiger partial charge >= 0.3 is 10.1 Å². The highest BCUT2D eigenvalue weighted by Gasteiger charge is 2.22. The zero-order chi connectivity index (χ0) is 26.3. The van der Waals surface area contributed by atoms with Crippen LogP contribution in [0.2, 0.25) is 0 Å². The summed E-state index contributed by atoms with van der Waals surface area (Å²) in [6.07, 6.45) is 1.32. The van der Waals surface area contributed by atoms with Crippen molar-refractivity contribution in [1.82, 2.24) is 0 Å². The van der Waals surface area contributed by atoms with Crippen molar-refractivity contribution in [2.45, 2.75) is 11.8 Å². The van der Waals surface area contributed by atoms with Gasteiger partial charge in [0.15, 0.2) is 11.5 Å². The number of ether oxygens (including phenoxy) is 1. The van der Waals surface area contributed by atoms with E-state index in [4.69, 9.17) is 8.92 Å². The van der Waals surface area contributed by atoms with E-state index in [-0.39, 0.29) is 23.7 Å². The summed E-state index contributed by atoms with van der Waals surface area (Å²) < 4.78 is 37.0. The molecule has 1 N–H and O–H groups in total. The Balaban J connectivity index is 1.89. The molecule has 0 saturated heterocycles. The molecule has 0 heterocycles. The fourth-order valence-corrected chi connectivity index (χ4v) is 4.47. The molecule has 0 aliphatic rings. The standard InChI is InChI=1S/C24H18IN3O7S/c1-2-34-23-12-16(11-17(15-26)24(29)27-19-6-3-5-18(25)13-19)9-10-22(23)35-36(32,33)21-8-4-7-20(14-21)28(30)31/h3-14H,2H2,1H3,(H,27,29)/b17-11+. The fourth-order valence-electron chi connectivity index (χ4n) is 2.95. The summed E-state index contributed by atoms with van der Waals surface area (Å²) in [7, 11) is -4.42. The van der Waals surface area contributed by atoms with Crippen LogP contribution in [0.25, 0.3) is 6.08 Å². The lowest BCUT2D eigenvalue weighted by Gasteiger charge is -2.13. The van der Waals surface area contributed by atoms with Crippen molar-refractivity contribution >= 4 is 56.1 Å². The zero-order valence-electron chi connectivity index (χ0n) is 18.7. The molecule has 0 unspecified atom stereocenters. The number of halogens is 1. The van der Waals surface area contributed by atoms with E-state index in [0.29, 0.717) is 11.3 Å². The first kappa shape index (κ1) is 26.6. The maximum absolute atomic E-state index is 12.7. The van der Waals surface area contributed by atoms with Crippen LogP contribution >= 0.6 is 22.6 Å². The first-order valence-corrected chi connectivity index (χ1v) is 12.8. The zero-order valence-corrected chi connectivity index (χ0v) is 21.6. The first-order valence-electron chi connectivity index (χ1n) is 10.3. The van der Waals surface area contributed by atoms with Gasteiger partial charge in [0.05, 0.1) is 11.5 Å². The lowest BCUT2D eigenvalue weighted by Crippen LogP contribution is -2.13.